The number of aromatic nitrogens is 4. The van der Waals surface area contributed by atoms with Gasteiger partial charge in [0, 0.05) is 0 Å². The van der Waals surface area contributed by atoms with Gasteiger partial charge in [0.15, 0.2) is 10.2 Å². The summed E-state index contributed by atoms with van der Waals surface area (Å²) >= 11 is 11.6. The molecule has 2 aromatic carbocycles. The highest BCUT2D eigenvalue weighted by atomic mass is 79.9. The third-order valence-electron chi connectivity index (χ3n) is 4.16. The summed E-state index contributed by atoms with van der Waals surface area (Å²) in [5.74, 6) is 2.36. The first-order valence-electron chi connectivity index (χ1n) is 9.00. The zero-order chi connectivity index (χ0) is 21.2. The van der Waals surface area contributed by atoms with Crippen molar-refractivity contribution in [2.75, 3.05) is 0 Å². The van der Waals surface area contributed by atoms with Gasteiger partial charge in [0.05, 0.1) is 10.6 Å². The molecule has 5 aromatic rings. The fourth-order valence-corrected chi connectivity index (χ4v) is 6.75. The Labute approximate surface area is 207 Å². The van der Waals surface area contributed by atoms with Gasteiger partial charge >= 0.3 is 0 Å². The zero-order valence-electron chi connectivity index (χ0n) is 15.6. The Morgan fingerprint density at radius 2 is 1.65 bits per heavy atom. The molecular formula is C21H12Br2N4OS3. The van der Waals surface area contributed by atoms with Crippen molar-refractivity contribution in [1.29, 1.82) is 0 Å². The van der Waals surface area contributed by atoms with Gasteiger partial charge in [-0.1, -0.05) is 35.6 Å². The third-order valence-corrected chi connectivity index (χ3v) is 9.10. The molecule has 154 valence electrons. The first-order chi connectivity index (χ1) is 15.2. The minimum Gasteiger partial charge on any atom is -0.457 e. The summed E-state index contributed by atoms with van der Waals surface area (Å²) in [5, 5.41) is 11.7. The molecule has 0 atom stereocenters. The van der Waals surface area contributed by atoms with E-state index in [0.29, 0.717) is 0 Å². The largest absolute Gasteiger partial charge is 0.457 e. The number of hydrogen-bond donors (Lipinski definition) is 0. The number of thiophene rings is 1. The van der Waals surface area contributed by atoms with Gasteiger partial charge in [0.1, 0.15) is 19.9 Å². The van der Waals surface area contributed by atoms with Gasteiger partial charge < -0.3 is 4.74 Å². The predicted molar refractivity (Wildman–Crippen MR) is 133 cm³/mol. The second kappa shape index (κ2) is 9.25. The number of rotatable bonds is 6. The number of nitrogens with zero attached hydrogens (tertiary/aromatic N) is 4. The lowest BCUT2D eigenvalue weighted by atomic mass is 10.3. The van der Waals surface area contributed by atoms with Gasteiger partial charge in [-0.15, -0.1) is 21.5 Å². The molecule has 31 heavy (non-hydrogen) atoms. The van der Waals surface area contributed by atoms with Crippen molar-refractivity contribution in [1.82, 2.24) is 19.7 Å². The Balaban J connectivity index is 1.51. The summed E-state index contributed by atoms with van der Waals surface area (Å²) in [5.41, 5.74) is 0.950. The standard InChI is InChI=1S/C21H12Br2N4OS3/c22-17-18(23)30-21(24-17)31-20-26-25-19(16-7-4-12-29-16)27(20)13-8-10-15(11-9-13)28-14-5-2-1-3-6-14/h1-12H. The lowest BCUT2D eigenvalue weighted by molar-refractivity contribution is 0.482. The van der Waals surface area contributed by atoms with Crippen LogP contribution in [0.25, 0.3) is 16.4 Å². The van der Waals surface area contributed by atoms with Crippen molar-refractivity contribution in [2.24, 2.45) is 0 Å². The normalized spacial score (nSPS) is 11.0. The van der Waals surface area contributed by atoms with Crippen LogP contribution in [-0.4, -0.2) is 19.7 Å². The van der Waals surface area contributed by atoms with E-state index in [9.17, 15) is 0 Å². The topological polar surface area (TPSA) is 52.8 Å². The van der Waals surface area contributed by atoms with E-state index >= 15 is 0 Å². The number of hydrogen-bond acceptors (Lipinski definition) is 7. The van der Waals surface area contributed by atoms with E-state index in [0.717, 1.165) is 45.8 Å². The molecule has 0 N–H and O–H groups in total. The highest BCUT2D eigenvalue weighted by Crippen LogP contribution is 2.39. The van der Waals surface area contributed by atoms with Crippen molar-refractivity contribution < 1.29 is 4.74 Å². The maximum absolute atomic E-state index is 5.93. The number of thiazole rings is 1. The van der Waals surface area contributed by atoms with Crippen molar-refractivity contribution >= 4 is 66.3 Å². The maximum atomic E-state index is 5.93. The molecule has 0 saturated heterocycles. The van der Waals surface area contributed by atoms with Gasteiger partial charge in [-0.05, 0) is 91.5 Å². The second-order valence-corrected chi connectivity index (χ2v) is 11.4. The molecule has 0 bridgehead atoms. The van der Waals surface area contributed by atoms with Gasteiger partial charge in [0.2, 0.25) is 5.16 Å². The molecular weight excluding hydrogens is 580 g/mol. The molecule has 5 nitrogen and oxygen atoms in total. The van der Waals surface area contributed by atoms with Gasteiger partial charge in [-0.2, -0.15) is 0 Å². The van der Waals surface area contributed by atoms with Crippen LogP contribution < -0.4 is 4.74 Å². The van der Waals surface area contributed by atoms with Crippen molar-refractivity contribution in [3.05, 3.63) is 80.5 Å². The lowest BCUT2D eigenvalue weighted by Crippen LogP contribution is -1.99. The molecule has 3 heterocycles. The van der Waals surface area contributed by atoms with E-state index < -0.39 is 0 Å². The molecule has 0 radical (unpaired) electrons. The first-order valence-corrected chi connectivity index (χ1v) is 13.1. The number of halogens is 2. The summed E-state index contributed by atoms with van der Waals surface area (Å²) in [7, 11) is 0. The van der Waals surface area contributed by atoms with Crippen molar-refractivity contribution in [2.45, 2.75) is 9.50 Å². The van der Waals surface area contributed by atoms with Crippen LogP contribution in [-0.2, 0) is 0 Å². The Bertz CT molecular complexity index is 1280. The van der Waals surface area contributed by atoms with E-state index in [-0.39, 0.29) is 0 Å². The van der Waals surface area contributed by atoms with Crippen molar-refractivity contribution in [3.8, 4) is 27.9 Å². The minimum absolute atomic E-state index is 0.744. The van der Waals surface area contributed by atoms with Crippen LogP contribution in [0, 0.1) is 0 Å². The van der Waals surface area contributed by atoms with Crippen LogP contribution >= 0.6 is 66.3 Å². The molecule has 5 rings (SSSR count). The SMILES string of the molecule is Brc1nc(Sc2nnc(-c3cccs3)n2-c2ccc(Oc3ccccc3)cc2)sc1Br. The summed E-state index contributed by atoms with van der Waals surface area (Å²) in [6, 6.07) is 21.7. The second-order valence-electron chi connectivity index (χ2n) is 6.17. The minimum atomic E-state index is 0.744. The molecule has 0 saturated carbocycles. The summed E-state index contributed by atoms with van der Waals surface area (Å²) < 4.78 is 10.6. The summed E-state index contributed by atoms with van der Waals surface area (Å²) in [6.45, 7) is 0. The smallest absolute Gasteiger partial charge is 0.203 e. The molecule has 0 amide bonds. The Morgan fingerprint density at radius 1 is 0.871 bits per heavy atom. The van der Waals surface area contributed by atoms with Crippen LogP contribution in [0.4, 0.5) is 0 Å². The molecule has 0 fully saturated rings. The number of ether oxygens (including phenoxy) is 1. The zero-order valence-corrected chi connectivity index (χ0v) is 21.2. The fourth-order valence-electron chi connectivity index (χ4n) is 2.81. The van der Waals surface area contributed by atoms with Gasteiger partial charge in [-0.25, -0.2) is 4.98 Å². The average Bonchev–Trinajstić information content (AvgIpc) is 3.51. The summed E-state index contributed by atoms with van der Waals surface area (Å²) in [4.78, 5) is 5.57. The van der Waals surface area contributed by atoms with Crippen LogP contribution in [0.5, 0.6) is 11.5 Å². The maximum Gasteiger partial charge on any atom is 0.203 e. The van der Waals surface area contributed by atoms with Crippen LogP contribution in [0.1, 0.15) is 0 Å². The fraction of sp³-hybridized carbons (Fsp3) is 0. The van der Waals surface area contributed by atoms with Crippen LogP contribution in [0.2, 0.25) is 0 Å². The highest BCUT2D eigenvalue weighted by molar-refractivity contribution is 9.13. The van der Waals surface area contributed by atoms with Gasteiger partial charge in [0.25, 0.3) is 0 Å². The van der Waals surface area contributed by atoms with Crippen LogP contribution in [0.15, 0.2) is 90.0 Å². The molecule has 0 aliphatic carbocycles. The quantitative estimate of drug-likeness (QED) is 0.201. The molecule has 0 aliphatic heterocycles. The Hall–Kier alpha value is -1.98. The van der Waals surface area contributed by atoms with E-state index in [1.165, 1.54) is 11.8 Å². The van der Waals surface area contributed by atoms with Crippen molar-refractivity contribution in [3.63, 3.8) is 0 Å². The Kier molecular flexibility index (Phi) is 6.24. The lowest BCUT2D eigenvalue weighted by Gasteiger charge is -2.10. The predicted octanol–water partition coefficient (Wildman–Crippen LogP) is 7.92. The number of para-hydroxylation sites is 1. The molecule has 3 aromatic heterocycles. The molecule has 0 aliphatic rings. The molecule has 0 spiro atoms. The van der Waals surface area contributed by atoms with E-state index in [2.05, 4.69) is 47.0 Å². The molecule has 0 unspecified atom stereocenters. The number of benzene rings is 2. The third kappa shape index (κ3) is 4.63. The van der Waals surface area contributed by atoms with E-state index in [1.807, 2.05) is 76.7 Å². The van der Waals surface area contributed by atoms with Gasteiger partial charge in [-0.3, -0.25) is 4.57 Å². The summed E-state index contributed by atoms with van der Waals surface area (Å²) in [6.07, 6.45) is 0. The molecule has 10 heteroatoms. The first kappa shape index (κ1) is 20.9. The Morgan fingerprint density at radius 3 is 2.32 bits per heavy atom. The van der Waals surface area contributed by atoms with E-state index in [4.69, 9.17) is 4.74 Å². The highest BCUT2D eigenvalue weighted by Gasteiger charge is 2.19. The van der Waals surface area contributed by atoms with Crippen LogP contribution in [0.3, 0.4) is 0 Å². The van der Waals surface area contributed by atoms with E-state index in [1.54, 1.807) is 22.7 Å². The average molecular weight is 592 g/mol. The monoisotopic (exact) mass is 590 g/mol.